The molecule has 1 saturated carbocycles. The fraction of sp³-hybridized carbons (Fsp3) is 0.304. The van der Waals surface area contributed by atoms with E-state index >= 15 is 0 Å². The number of hydrogen-bond donors (Lipinski definition) is 3. The molecule has 0 bridgehead atoms. The maximum Gasteiger partial charge on any atom is 0.268 e. The zero-order chi connectivity index (χ0) is 22.7. The van der Waals surface area contributed by atoms with Crippen LogP contribution in [0.25, 0.3) is 10.9 Å². The van der Waals surface area contributed by atoms with Gasteiger partial charge in [0.2, 0.25) is 5.91 Å². The maximum absolute atomic E-state index is 13.7. The molecule has 9 heteroatoms. The van der Waals surface area contributed by atoms with E-state index < -0.39 is 23.2 Å². The summed E-state index contributed by atoms with van der Waals surface area (Å²) >= 11 is 0. The number of ether oxygens (including phenoxy) is 1. The average Bonchev–Trinajstić information content (AvgIpc) is 3.32. The minimum Gasteiger partial charge on any atom is -0.489 e. The molecule has 1 atom stereocenters. The topological polar surface area (TPSA) is 120 Å². The second-order valence-corrected chi connectivity index (χ2v) is 7.98. The fourth-order valence-corrected chi connectivity index (χ4v) is 3.26. The van der Waals surface area contributed by atoms with Crippen LogP contribution in [-0.2, 0) is 10.3 Å². The number of H-pyrrole nitrogens is 1. The molecule has 3 aromatic rings. The smallest absolute Gasteiger partial charge is 0.268 e. The Labute approximate surface area is 183 Å². The summed E-state index contributed by atoms with van der Waals surface area (Å²) in [4.78, 5) is 31.2. The van der Waals surface area contributed by atoms with E-state index in [9.17, 15) is 19.2 Å². The first-order valence-electron chi connectivity index (χ1n) is 10.3. The number of carbonyl (C=O) groups excluding carboxylic acids is 2. The summed E-state index contributed by atoms with van der Waals surface area (Å²) < 4.78 is 19.2. The second-order valence-electron chi connectivity index (χ2n) is 7.98. The Balaban J connectivity index is 0.000000552. The number of nitrogens with one attached hydrogen (secondary N) is 3. The Morgan fingerprint density at radius 1 is 1.38 bits per heavy atom. The van der Waals surface area contributed by atoms with E-state index in [1.807, 2.05) is 0 Å². The summed E-state index contributed by atoms with van der Waals surface area (Å²) in [6.07, 6.45) is 5.96. The van der Waals surface area contributed by atoms with Crippen LogP contribution in [-0.4, -0.2) is 34.9 Å². The molecule has 1 fully saturated rings. The summed E-state index contributed by atoms with van der Waals surface area (Å²) in [5.41, 5.74) is -0.562. The lowest BCUT2D eigenvalue weighted by molar-refractivity contribution is -0.121. The summed E-state index contributed by atoms with van der Waals surface area (Å²) in [6, 6.07) is 9.64. The van der Waals surface area contributed by atoms with Gasteiger partial charge < -0.3 is 20.4 Å². The molecule has 8 nitrogen and oxygen atoms in total. The summed E-state index contributed by atoms with van der Waals surface area (Å²) in [5, 5.41) is 15.2. The van der Waals surface area contributed by atoms with E-state index in [1.54, 1.807) is 18.2 Å². The van der Waals surface area contributed by atoms with Crippen LogP contribution in [0.15, 0.2) is 42.7 Å². The highest BCUT2D eigenvalue weighted by molar-refractivity contribution is 5.99. The third-order valence-electron chi connectivity index (χ3n) is 5.35. The predicted octanol–water partition coefficient (Wildman–Crippen LogP) is 2.78. The standard InChI is InChI=1S/C19H14FN5O3.C4H8/c20-13-3-1-2-11-6-14(24-17(11)13)18(27)23-8-16(26)25-19(9-21)10-28-15-4-5-22-7-12(15)19;1-4-2-3-4/h1-7,24H,8,10H2,(H,23,27)(H,25,26);4H,2-3H2,1H3. The SMILES string of the molecule is CC1CC1.N#CC1(NC(=O)CNC(=O)c2cc3cccc(F)c3[nH]2)COc2ccncc21. The van der Waals surface area contributed by atoms with Crippen molar-refractivity contribution in [2.45, 2.75) is 25.3 Å². The molecule has 1 aliphatic carbocycles. The van der Waals surface area contributed by atoms with Gasteiger partial charge in [0.05, 0.1) is 23.7 Å². The molecule has 5 rings (SSSR count). The molecule has 2 aliphatic rings. The van der Waals surface area contributed by atoms with E-state index in [0.29, 0.717) is 16.7 Å². The van der Waals surface area contributed by atoms with Gasteiger partial charge in [-0.2, -0.15) is 5.26 Å². The van der Waals surface area contributed by atoms with Gasteiger partial charge in [0.1, 0.15) is 23.9 Å². The van der Waals surface area contributed by atoms with Crippen LogP contribution in [0.5, 0.6) is 5.75 Å². The number of nitriles is 1. The van der Waals surface area contributed by atoms with Crippen molar-refractivity contribution in [3.8, 4) is 11.8 Å². The van der Waals surface area contributed by atoms with Crippen molar-refractivity contribution in [1.82, 2.24) is 20.6 Å². The van der Waals surface area contributed by atoms with Crippen molar-refractivity contribution in [3.05, 3.63) is 59.8 Å². The molecule has 32 heavy (non-hydrogen) atoms. The third-order valence-corrected chi connectivity index (χ3v) is 5.35. The van der Waals surface area contributed by atoms with Crippen molar-refractivity contribution in [2.75, 3.05) is 13.2 Å². The molecule has 1 aromatic carbocycles. The zero-order valence-electron chi connectivity index (χ0n) is 17.4. The normalized spacial score (nSPS) is 18.5. The molecule has 0 radical (unpaired) electrons. The maximum atomic E-state index is 13.7. The van der Waals surface area contributed by atoms with Gasteiger partial charge in [-0.05, 0) is 24.1 Å². The quantitative estimate of drug-likeness (QED) is 0.582. The second kappa shape index (κ2) is 8.67. The van der Waals surface area contributed by atoms with Gasteiger partial charge in [0.25, 0.3) is 5.91 Å². The highest BCUT2D eigenvalue weighted by atomic mass is 19.1. The van der Waals surface area contributed by atoms with E-state index in [1.165, 1.54) is 37.4 Å². The van der Waals surface area contributed by atoms with Gasteiger partial charge in [-0.3, -0.25) is 14.6 Å². The predicted molar refractivity (Wildman–Crippen MR) is 114 cm³/mol. The van der Waals surface area contributed by atoms with Gasteiger partial charge in [-0.25, -0.2) is 4.39 Å². The molecule has 1 aliphatic heterocycles. The fourth-order valence-electron chi connectivity index (χ4n) is 3.26. The number of amides is 2. The van der Waals surface area contributed by atoms with Crippen LogP contribution in [0.4, 0.5) is 4.39 Å². The lowest BCUT2D eigenvalue weighted by Crippen LogP contribution is -2.49. The van der Waals surface area contributed by atoms with Crippen molar-refractivity contribution in [2.24, 2.45) is 5.92 Å². The number of pyridine rings is 1. The molecule has 2 amide bonds. The van der Waals surface area contributed by atoms with Crippen LogP contribution in [0.2, 0.25) is 0 Å². The van der Waals surface area contributed by atoms with E-state index in [4.69, 9.17) is 4.74 Å². The molecule has 2 aromatic heterocycles. The zero-order valence-corrected chi connectivity index (χ0v) is 17.4. The number of para-hydroxylation sites is 1. The van der Waals surface area contributed by atoms with E-state index in [2.05, 4.69) is 33.6 Å². The summed E-state index contributed by atoms with van der Waals surface area (Å²) in [7, 11) is 0. The number of aromatic nitrogens is 2. The van der Waals surface area contributed by atoms with Crippen LogP contribution < -0.4 is 15.4 Å². The molecule has 0 saturated heterocycles. The molecule has 3 N–H and O–H groups in total. The number of benzene rings is 1. The number of rotatable bonds is 4. The highest BCUT2D eigenvalue weighted by Crippen LogP contribution is 2.35. The van der Waals surface area contributed by atoms with Gasteiger partial charge in [-0.1, -0.05) is 31.9 Å². The van der Waals surface area contributed by atoms with Crippen molar-refractivity contribution in [1.29, 1.82) is 5.26 Å². The number of aromatic amines is 1. The van der Waals surface area contributed by atoms with Gasteiger partial charge in [0, 0.05) is 17.8 Å². The average molecular weight is 435 g/mol. The summed E-state index contributed by atoms with van der Waals surface area (Å²) in [5.74, 6) is -0.0567. The summed E-state index contributed by atoms with van der Waals surface area (Å²) in [6.45, 7) is 1.86. The molecular formula is C23H22FN5O3. The number of halogens is 1. The van der Waals surface area contributed by atoms with Gasteiger partial charge in [0.15, 0.2) is 5.54 Å². The highest BCUT2D eigenvalue weighted by Gasteiger charge is 2.43. The van der Waals surface area contributed by atoms with Crippen LogP contribution in [0.3, 0.4) is 0 Å². The molecule has 0 spiro atoms. The van der Waals surface area contributed by atoms with Crippen molar-refractivity contribution >= 4 is 22.7 Å². The Bertz CT molecular complexity index is 1210. The number of fused-ring (bicyclic) bond motifs is 2. The Hall–Kier alpha value is -3.93. The molecule has 164 valence electrons. The minimum atomic E-state index is -1.37. The number of nitrogens with zero attached hydrogens (tertiary/aromatic N) is 2. The van der Waals surface area contributed by atoms with Crippen molar-refractivity contribution in [3.63, 3.8) is 0 Å². The molecule has 1 unspecified atom stereocenters. The minimum absolute atomic E-state index is 0.0501. The number of hydrogen-bond acceptors (Lipinski definition) is 5. The largest absolute Gasteiger partial charge is 0.489 e. The van der Waals surface area contributed by atoms with E-state index in [-0.39, 0.29) is 24.4 Å². The monoisotopic (exact) mass is 435 g/mol. The van der Waals surface area contributed by atoms with E-state index in [0.717, 1.165) is 5.92 Å². The molecular weight excluding hydrogens is 413 g/mol. The van der Waals surface area contributed by atoms with Gasteiger partial charge in [-0.15, -0.1) is 0 Å². The van der Waals surface area contributed by atoms with Gasteiger partial charge >= 0.3 is 0 Å². The Morgan fingerprint density at radius 3 is 2.84 bits per heavy atom. The van der Waals surface area contributed by atoms with Crippen LogP contribution in [0, 0.1) is 23.1 Å². The lowest BCUT2D eigenvalue weighted by Gasteiger charge is -2.21. The van der Waals surface area contributed by atoms with Crippen LogP contribution in [0.1, 0.15) is 35.8 Å². The lowest BCUT2D eigenvalue weighted by atomic mass is 9.95. The first kappa shape index (κ1) is 21.3. The Kier molecular flexibility index (Phi) is 5.77. The first-order chi connectivity index (χ1) is 15.4. The van der Waals surface area contributed by atoms with Crippen molar-refractivity contribution < 1.29 is 18.7 Å². The third kappa shape index (κ3) is 4.39. The number of carbonyl (C=O) groups is 2. The first-order valence-corrected chi connectivity index (χ1v) is 10.3. The van der Waals surface area contributed by atoms with Crippen LogP contribution >= 0.6 is 0 Å². The Morgan fingerprint density at radius 2 is 2.16 bits per heavy atom. The molecule has 3 heterocycles.